The van der Waals surface area contributed by atoms with E-state index >= 15 is 0 Å². The van der Waals surface area contributed by atoms with Crippen molar-refractivity contribution in [2.75, 3.05) is 0 Å². The van der Waals surface area contributed by atoms with Crippen LogP contribution in [0.15, 0.2) is 28.0 Å². The number of nitrogens with zero attached hydrogens (tertiary/aromatic N) is 2. The van der Waals surface area contributed by atoms with E-state index in [0.29, 0.717) is 16.7 Å². The fraction of sp³-hybridized carbons (Fsp3) is 0.250. The van der Waals surface area contributed by atoms with Gasteiger partial charge in [0, 0.05) is 23.7 Å². The molecule has 6 heteroatoms. The zero-order valence-corrected chi connectivity index (χ0v) is 10.8. The fourth-order valence-electron chi connectivity index (χ4n) is 1.37. The lowest BCUT2D eigenvalue weighted by Gasteiger charge is -1.99. The van der Waals surface area contributed by atoms with Crippen molar-refractivity contribution in [1.29, 1.82) is 0 Å². The molecule has 94 valence electrons. The summed E-state index contributed by atoms with van der Waals surface area (Å²) in [6, 6.07) is 1.54. The van der Waals surface area contributed by atoms with Crippen LogP contribution in [0.1, 0.15) is 27.4 Å². The molecular weight excluding hydrogens is 252 g/mol. The molecule has 5 nitrogen and oxygen atoms in total. The molecule has 0 aromatic carbocycles. The molecule has 2 aromatic rings. The Bertz CT molecular complexity index is 563. The highest BCUT2D eigenvalue weighted by molar-refractivity contribution is 7.98. The van der Waals surface area contributed by atoms with Crippen molar-refractivity contribution in [2.45, 2.75) is 24.8 Å². The van der Waals surface area contributed by atoms with E-state index in [2.05, 4.69) is 9.97 Å². The number of rotatable bonds is 4. The normalized spacial score (nSPS) is 10.6. The van der Waals surface area contributed by atoms with E-state index < -0.39 is 5.97 Å². The molecule has 0 saturated heterocycles. The van der Waals surface area contributed by atoms with Crippen molar-refractivity contribution >= 4 is 17.7 Å². The third kappa shape index (κ3) is 2.89. The maximum absolute atomic E-state index is 10.8. The van der Waals surface area contributed by atoms with Gasteiger partial charge in [0.2, 0.25) is 5.76 Å². The summed E-state index contributed by atoms with van der Waals surface area (Å²) in [6.07, 6.45) is 3.50. The van der Waals surface area contributed by atoms with Gasteiger partial charge in [-0.2, -0.15) is 0 Å². The molecule has 0 aliphatic rings. The number of thioether (sulfide) groups is 1. The Morgan fingerprint density at radius 2 is 2.06 bits per heavy atom. The number of furan rings is 1. The highest BCUT2D eigenvalue weighted by Crippen LogP contribution is 2.23. The zero-order valence-electron chi connectivity index (χ0n) is 10.0. The quantitative estimate of drug-likeness (QED) is 0.675. The van der Waals surface area contributed by atoms with E-state index in [9.17, 15) is 4.79 Å². The van der Waals surface area contributed by atoms with Crippen molar-refractivity contribution in [2.24, 2.45) is 0 Å². The highest BCUT2D eigenvalue weighted by Gasteiger charge is 2.13. The van der Waals surface area contributed by atoms with Crippen LogP contribution in [0.5, 0.6) is 0 Å². The van der Waals surface area contributed by atoms with Crippen molar-refractivity contribution in [3.8, 4) is 0 Å². The van der Waals surface area contributed by atoms with Gasteiger partial charge in [0.1, 0.15) is 5.76 Å². The smallest absolute Gasteiger partial charge is 0.371 e. The van der Waals surface area contributed by atoms with Gasteiger partial charge in [0.15, 0.2) is 5.16 Å². The third-order valence-electron chi connectivity index (χ3n) is 2.35. The minimum atomic E-state index is -1.05. The molecule has 0 fully saturated rings. The number of carbonyl (C=O) groups is 1. The van der Waals surface area contributed by atoms with Gasteiger partial charge in [-0.3, -0.25) is 0 Å². The number of aryl methyl sites for hydroxylation is 2. The Labute approximate surface area is 108 Å². The SMILES string of the molecule is Cc1cnc(SCc2cc(C(=O)O)oc2C)nc1. The number of carboxylic acid groups (broad SMARTS) is 1. The first-order chi connectivity index (χ1) is 8.56. The van der Waals surface area contributed by atoms with Crippen LogP contribution in [0.4, 0.5) is 0 Å². The lowest BCUT2D eigenvalue weighted by Crippen LogP contribution is -1.92. The minimum absolute atomic E-state index is 0.0343. The van der Waals surface area contributed by atoms with E-state index in [4.69, 9.17) is 9.52 Å². The van der Waals surface area contributed by atoms with E-state index in [1.165, 1.54) is 11.8 Å². The number of aromatic nitrogens is 2. The van der Waals surface area contributed by atoms with Gasteiger partial charge in [0.05, 0.1) is 0 Å². The van der Waals surface area contributed by atoms with E-state index in [1.54, 1.807) is 25.4 Å². The lowest BCUT2D eigenvalue weighted by molar-refractivity contribution is 0.0661. The molecule has 2 rings (SSSR count). The number of hydrogen-bond acceptors (Lipinski definition) is 5. The summed E-state index contributed by atoms with van der Waals surface area (Å²) in [5.74, 6) is 0.118. The Hall–Kier alpha value is -1.82. The Morgan fingerprint density at radius 1 is 1.39 bits per heavy atom. The molecule has 1 N–H and O–H groups in total. The topological polar surface area (TPSA) is 76.2 Å². The maximum Gasteiger partial charge on any atom is 0.371 e. The molecule has 0 atom stereocenters. The zero-order chi connectivity index (χ0) is 13.1. The summed E-state index contributed by atoms with van der Waals surface area (Å²) >= 11 is 1.45. The van der Waals surface area contributed by atoms with Gasteiger partial charge in [-0.25, -0.2) is 14.8 Å². The average molecular weight is 264 g/mol. The first-order valence-electron chi connectivity index (χ1n) is 5.30. The number of aromatic carboxylic acids is 1. The van der Waals surface area contributed by atoms with E-state index in [1.807, 2.05) is 6.92 Å². The molecule has 0 unspecified atom stereocenters. The van der Waals surface area contributed by atoms with E-state index in [0.717, 1.165) is 11.1 Å². The molecule has 0 radical (unpaired) electrons. The van der Waals surface area contributed by atoms with Crippen molar-refractivity contribution in [1.82, 2.24) is 9.97 Å². The van der Waals surface area contributed by atoms with Crippen molar-refractivity contribution in [3.63, 3.8) is 0 Å². The Kier molecular flexibility index (Phi) is 3.66. The molecule has 0 saturated carbocycles. The molecule has 2 heterocycles. The number of hydrogen-bond donors (Lipinski definition) is 1. The van der Waals surface area contributed by atoms with Crippen LogP contribution in [0, 0.1) is 13.8 Å². The summed E-state index contributed by atoms with van der Waals surface area (Å²) in [4.78, 5) is 19.1. The number of carboxylic acids is 1. The van der Waals surface area contributed by atoms with Gasteiger partial charge in [-0.05, 0) is 25.5 Å². The lowest BCUT2D eigenvalue weighted by atomic mass is 10.3. The first kappa shape index (κ1) is 12.6. The Balaban J connectivity index is 2.06. The van der Waals surface area contributed by atoms with Gasteiger partial charge >= 0.3 is 5.97 Å². The molecule has 18 heavy (non-hydrogen) atoms. The van der Waals surface area contributed by atoms with Crippen LogP contribution in [0.2, 0.25) is 0 Å². The average Bonchev–Trinajstić information content (AvgIpc) is 2.70. The Morgan fingerprint density at radius 3 is 2.61 bits per heavy atom. The third-order valence-corrected chi connectivity index (χ3v) is 3.27. The van der Waals surface area contributed by atoms with Gasteiger partial charge < -0.3 is 9.52 Å². The molecule has 2 aromatic heterocycles. The molecule has 0 spiro atoms. The van der Waals surface area contributed by atoms with Gasteiger partial charge in [-0.1, -0.05) is 11.8 Å². The molecule has 0 aliphatic carbocycles. The minimum Gasteiger partial charge on any atom is -0.475 e. The summed E-state index contributed by atoms with van der Waals surface area (Å²) in [5.41, 5.74) is 1.86. The molecule has 0 aliphatic heterocycles. The van der Waals surface area contributed by atoms with Crippen LogP contribution in [0.3, 0.4) is 0 Å². The fourth-order valence-corrected chi connectivity index (χ4v) is 2.19. The summed E-state index contributed by atoms with van der Waals surface area (Å²) < 4.78 is 5.13. The van der Waals surface area contributed by atoms with Crippen LogP contribution >= 0.6 is 11.8 Å². The molecule has 0 amide bonds. The summed E-state index contributed by atoms with van der Waals surface area (Å²) in [6.45, 7) is 3.67. The van der Waals surface area contributed by atoms with Crippen LogP contribution in [0.25, 0.3) is 0 Å². The first-order valence-corrected chi connectivity index (χ1v) is 6.29. The second kappa shape index (κ2) is 5.22. The van der Waals surface area contributed by atoms with Crippen LogP contribution < -0.4 is 0 Å². The second-order valence-electron chi connectivity index (χ2n) is 3.83. The van der Waals surface area contributed by atoms with Crippen molar-refractivity contribution in [3.05, 3.63) is 41.1 Å². The predicted molar refractivity (Wildman–Crippen MR) is 66.7 cm³/mol. The summed E-state index contributed by atoms with van der Waals surface area (Å²) in [7, 11) is 0. The highest BCUT2D eigenvalue weighted by atomic mass is 32.2. The molecule has 0 bridgehead atoms. The standard InChI is InChI=1S/C12H12N2O3S/c1-7-4-13-12(14-5-7)18-6-9-3-10(11(15)16)17-8(9)2/h3-5H,6H2,1-2H3,(H,15,16). The molecular formula is C12H12N2O3S. The van der Waals surface area contributed by atoms with Crippen molar-refractivity contribution < 1.29 is 14.3 Å². The van der Waals surface area contributed by atoms with Crippen LogP contribution in [-0.2, 0) is 5.75 Å². The maximum atomic E-state index is 10.8. The second-order valence-corrected chi connectivity index (χ2v) is 4.77. The van der Waals surface area contributed by atoms with Gasteiger partial charge in [-0.15, -0.1) is 0 Å². The predicted octanol–water partition coefficient (Wildman–Crippen LogP) is 2.68. The largest absolute Gasteiger partial charge is 0.475 e. The summed E-state index contributed by atoms with van der Waals surface area (Å²) in [5, 5.41) is 9.48. The van der Waals surface area contributed by atoms with Gasteiger partial charge in [0.25, 0.3) is 0 Å². The van der Waals surface area contributed by atoms with Crippen LogP contribution in [-0.4, -0.2) is 21.0 Å². The van der Waals surface area contributed by atoms with E-state index in [-0.39, 0.29) is 5.76 Å². The monoisotopic (exact) mass is 264 g/mol.